The van der Waals surface area contributed by atoms with Crippen molar-refractivity contribution in [1.82, 2.24) is 14.6 Å². The zero-order chi connectivity index (χ0) is 18.3. The van der Waals surface area contributed by atoms with Gasteiger partial charge in [-0.15, -0.1) is 0 Å². The molecule has 0 unspecified atom stereocenters. The zero-order valence-corrected chi connectivity index (χ0v) is 15.0. The smallest absolute Gasteiger partial charge is 0.241 e. The van der Waals surface area contributed by atoms with Crippen molar-refractivity contribution in [3.8, 4) is 5.75 Å². The van der Waals surface area contributed by atoms with Crippen molar-refractivity contribution >= 4 is 15.9 Å². The number of sulfonamides is 1. The van der Waals surface area contributed by atoms with Gasteiger partial charge in [-0.2, -0.15) is 0 Å². The Kier molecular flexibility index (Phi) is 6.49. The van der Waals surface area contributed by atoms with Crippen molar-refractivity contribution in [2.75, 3.05) is 27.2 Å². The highest BCUT2D eigenvalue weighted by Gasteiger charge is 2.17. The van der Waals surface area contributed by atoms with Gasteiger partial charge in [-0.3, -0.25) is 9.78 Å². The Morgan fingerprint density at radius 1 is 1.16 bits per heavy atom. The molecule has 0 aliphatic carbocycles. The summed E-state index contributed by atoms with van der Waals surface area (Å²) in [7, 11) is -0.596. The molecule has 7 nitrogen and oxygen atoms in total. The van der Waals surface area contributed by atoms with Gasteiger partial charge in [-0.05, 0) is 48.4 Å². The lowest BCUT2D eigenvalue weighted by Crippen LogP contribution is -2.38. The van der Waals surface area contributed by atoms with E-state index in [9.17, 15) is 13.2 Å². The summed E-state index contributed by atoms with van der Waals surface area (Å²) in [6, 6.07) is 9.72. The van der Waals surface area contributed by atoms with E-state index in [1.165, 1.54) is 24.1 Å². The lowest BCUT2D eigenvalue weighted by molar-refractivity contribution is -0.128. The molecule has 1 aromatic carbocycles. The van der Waals surface area contributed by atoms with Gasteiger partial charge in [0.25, 0.3) is 0 Å². The van der Waals surface area contributed by atoms with E-state index in [1.807, 2.05) is 12.1 Å². The first-order valence-electron chi connectivity index (χ1n) is 7.69. The number of benzene rings is 1. The first-order chi connectivity index (χ1) is 11.9. The molecule has 0 spiro atoms. The van der Waals surface area contributed by atoms with Crippen LogP contribution in [0.1, 0.15) is 5.56 Å². The van der Waals surface area contributed by atoms with Crippen LogP contribution >= 0.6 is 0 Å². The molecule has 0 saturated carbocycles. The molecule has 8 heteroatoms. The molecule has 0 aliphatic heterocycles. The number of likely N-dealkylation sites (N-methyl/N-ethyl adjacent to an activating group) is 1. The van der Waals surface area contributed by atoms with Crippen molar-refractivity contribution in [3.63, 3.8) is 0 Å². The van der Waals surface area contributed by atoms with Gasteiger partial charge in [-0.25, -0.2) is 13.1 Å². The molecule has 0 atom stereocenters. The number of aromatic nitrogens is 1. The van der Waals surface area contributed by atoms with Gasteiger partial charge in [-0.1, -0.05) is 0 Å². The van der Waals surface area contributed by atoms with Crippen LogP contribution in [-0.4, -0.2) is 51.5 Å². The molecule has 0 fully saturated rings. The average molecular weight is 363 g/mol. The summed E-state index contributed by atoms with van der Waals surface area (Å²) >= 11 is 0. The maximum Gasteiger partial charge on any atom is 0.241 e. The van der Waals surface area contributed by atoms with Crippen LogP contribution in [0.15, 0.2) is 53.7 Å². The number of amides is 1. The van der Waals surface area contributed by atoms with Gasteiger partial charge >= 0.3 is 0 Å². The van der Waals surface area contributed by atoms with Gasteiger partial charge in [0.1, 0.15) is 5.75 Å². The third-order valence-electron chi connectivity index (χ3n) is 3.69. The van der Waals surface area contributed by atoms with Crippen molar-refractivity contribution < 1.29 is 17.9 Å². The quantitative estimate of drug-likeness (QED) is 0.758. The maximum absolute atomic E-state index is 12.2. The van der Waals surface area contributed by atoms with E-state index in [2.05, 4.69) is 9.71 Å². The second kappa shape index (κ2) is 8.59. The number of nitrogens with one attached hydrogen (secondary N) is 1. The molecule has 2 rings (SSSR count). The van der Waals surface area contributed by atoms with Crippen LogP contribution in [0.2, 0.25) is 0 Å². The summed E-state index contributed by atoms with van der Waals surface area (Å²) in [6.45, 7) is 0.203. The lowest BCUT2D eigenvalue weighted by atomic mass is 10.2. The molecule has 1 amide bonds. The van der Waals surface area contributed by atoms with E-state index >= 15 is 0 Å². The second-order valence-electron chi connectivity index (χ2n) is 5.42. The van der Waals surface area contributed by atoms with E-state index < -0.39 is 10.0 Å². The van der Waals surface area contributed by atoms with Crippen LogP contribution in [0.3, 0.4) is 0 Å². The van der Waals surface area contributed by atoms with Gasteiger partial charge in [0, 0.05) is 26.0 Å². The highest BCUT2D eigenvalue weighted by atomic mass is 32.2. The molecule has 0 bridgehead atoms. The van der Waals surface area contributed by atoms with Crippen LogP contribution in [0.5, 0.6) is 5.75 Å². The van der Waals surface area contributed by atoms with Gasteiger partial charge in [0.2, 0.25) is 15.9 Å². The number of methoxy groups -OCH3 is 1. The van der Waals surface area contributed by atoms with Gasteiger partial charge in [0.05, 0.1) is 18.6 Å². The predicted octanol–water partition coefficient (Wildman–Crippen LogP) is 1.07. The number of hydrogen-bond acceptors (Lipinski definition) is 5. The number of ether oxygens (including phenoxy) is 1. The first-order valence-corrected chi connectivity index (χ1v) is 9.17. The summed E-state index contributed by atoms with van der Waals surface area (Å²) < 4.78 is 31.7. The summed E-state index contributed by atoms with van der Waals surface area (Å²) in [5, 5.41) is 0. The third-order valence-corrected chi connectivity index (χ3v) is 5.11. The second-order valence-corrected chi connectivity index (χ2v) is 7.19. The normalized spacial score (nSPS) is 11.1. The minimum Gasteiger partial charge on any atom is -0.497 e. The molecule has 1 heterocycles. The van der Waals surface area contributed by atoms with E-state index in [0.717, 1.165) is 5.56 Å². The highest BCUT2D eigenvalue weighted by Crippen LogP contribution is 2.15. The topological polar surface area (TPSA) is 88.6 Å². The monoisotopic (exact) mass is 363 g/mol. The Labute approximate surface area is 147 Å². The van der Waals surface area contributed by atoms with Crippen LogP contribution in [0.25, 0.3) is 0 Å². The molecule has 1 N–H and O–H groups in total. The van der Waals surface area contributed by atoms with E-state index in [4.69, 9.17) is 4.74 Å². The zero-order valence-electron chi connectivity index (χ0n) is 14.2. The van der Waals surface area contributed by atoms with Crippen molar-refractivity contribution in [2.24, 2.45) is 0 Å². The molecular weight excluding hydrogens is 342 g/mol. The van der Waals surface area contributed by atoms with Gasteiger partial charge in [0.15, 0.2) is 0 Å². The minimum atomic E-state index is -3.74. The third kappa shape index (κ3) is 5.54. The van der Waals surface area contributed by atoms with Crippen LogP contribution < -0.4 is 9.46 Å². The van der Waals surface area contributed by atoms with Crippen LogP contribution in [0, 0.1) is 0 Å². The Balaban J connectivity index is 1.86. The largest absolute Gasteiger partial charge is 0.497 e. The molecule has 2 aromatic rings. The standard InChI is InChI=1S/C17H21N3O4S/c1-20(12-9-14-7-10-18-11-8-14)17(21)13-19-25(22,23)16-5-3-15(24-2)4-6-16/h3-8,10-11,19H,9,12-13H2,1-2H3. The Morgan fingerprint density at radius 3 is 2.40 bits per heavy atom. The van der Waals surface area contributed by atoms with Crippen molar-refractivity contribution in [2.45, 2.75) is 11.3 Å². The number of carbonyl (C=O) groups excluding carboxylic acids is 1. The van der Waals surface area contributed by atoms with E-state index in [0.29, 0.717) is 18.7 Å². The van der Waals surface area contributed by atoms with E-state index in [-0.39, 0.29) is 17.3 Å². The van der Waals surface area contributed by atoms with Crippen molar-refractivity contribution in [1.29, 1.82) is 0 Å². The maximum atomic E-state index is 12.2. The minimum absolute atomic E-state index is 0.0838. The SMILES string of the molecule is COc1ccc(S(=O)(=O)NCC(=O)N(C)CCc2ccncc2)cc1. The Morgan fingerprint density at radius 2 is 1.80 bits per heavy atom. The van der Waals surface area contributed by atoms with E-state index in [1.54, 1.807) is 31.6 Å². The number of hydrogen-bond donors (Lipinski definition) is 1. The fourth-order valence-electron chi connectivity index (χ4n) is 2.10. The number of pyridine rings is 1. The first kappa shape index (κ1) is 18.9. The lowest BCUT2D eigenvalue weighted by Gasteiger charge is -2.17. The number of carbonyl (C=O) groups is 1. The fraction of sp³-hybridized carbons (Fsp3) is 0.294. The molecule has 25 heavy (non-hydrogen) atoms. The highest BCUT2D eigenvalue weighted by molar-refractivity contribution is 7.89. The molecular formula is C17H21N3O4S. The average Bonchev–Trinajstić information content (AvgIpc) is 2.65. The molecule has 134 valence electrons. The molecule has 0 saturated heterocycles. The summed E-state index contributed by atoms with van der Waals surface area (Å²) in [5.74, 6) is 0.261. The van der Waals surface area contributed by atoms with Crippen LogP contribution in [0.4, 0.5) is 0 Å². The predicted molar refractivity (Wildman–Crippen MR) is 93.8 cm³/mol. The van der Waals surface area contributed by atoms with Gasteiger partial charge < -0.3 is 9.64 Å². The number of nitrogens with zero attached hydrogens (tertiary/aromatic N) is 2. The Hall–Kier alpha value is -2.45. The Bertz CT molecular complexity index is 792. The molecule has 0 radical (unpaired) electrons. The molecule has 0 aliphatic rings. The summed E-state index contributed by atoms with van der Waals surface area (Å²) in [5.41, 5.74) is 1.06. The number of rotatable bonds is 8. The summed E-state index contributed by atoms with van der Waals surface area (Å²) in [6.07, 6.45) is 4.07. The molecule has 1 aromatic heterocycles. The van der Waals surface area contributed by atoms with Crippen LogP contribution in [-0.2, 0) is 21.2 Å². The fourth-order valence-corrected chi connectivity index (χ4v) is 3.08. The van der Waals surface area contributed by atoms with Crippen molar-refractivity contribution in [3.05, 3.63) is 54.4 Å². The summed E-state index contributed by atoms with van der Waals surface area (Å²) in [4.78, 5) is 17.6.